The quantitative estimate of drug-likeness (QED) is 0.738. The standard InChI is InChI=1S/C24H35N3O2/c1-3-24(28)27(21-11-15-29-16-12-21)20-9-13-25(14-10-20)17-19-18-26(4-2)23-8-6-5-7-22(19)23/h5-8,18,20-21H,3-4,9-17H2,1-2H3. The van der Waals surface area contributed by atoms with Crippen molar-refractivity contribution in [2.75, 3.05) is 26.3 Å². The first-order valence-corrected chi connectivity index (χ1v) is 11.4. The second-order valence-electron chi connectivity index (χ2n) is 8.46. The summed E-state index contributed by atoms with van der Waals surface area (Å²) in [5.74, 6) is 0.321. The van der Waals surface area contributed by atoms with Crippen molar-refractivity contribution in [1.29, 1.82) is 0 Å². The molecule has 0 unspecified atom stereocenters. The van der Waals surface area contributed by atoms with Crippen LogP contribution in [0.5, 0.6) is 0 Å². The first-order valence-electron chi connectivity index (χ1n) is 11.4. The molecule has 1 aromatic heterocycles. The van der Waals surface area contributed by atoms with E-state index in [1.165, 1.54) is 16.5 Å². The topological polar surface area (TPSA) is 37.7 Å². The molecule has 5 heteroatoms. The number of ether oxygens (including phenoxy) is 1. The molecule has 0 spiro atoms. The maximum absolute atomic E-state index is 12.7. The van der Waals surface area contributed by atoms with Gasteiger partial charge in [-0.3, -0.25) is 9.69 Å². The fourth-order valence-corrected chi connectivity index (χ4v) is 5.16. The van der Waals surface area contributed by atoms with E-state index in [1.54, 1.807) is 0 Å². The van der Waals surface area contributed by atoms with Gasteiger partial charge >= 0.3 is 0 Å². The fourth-order valence-electron chi connectivity index (χ4n) is 5.16. The Morgan fingerprint density at radius 3 is 2.45 bits per heavy atom. The van der Waals surface area contributed by atoms with Gasteiger partial charge in [0.15, 0.2) is 0 Å². The molecule has 0 bridgehead atoms. The van der Waals surface area contributed by atoms with Crippen molar-refractivity contribution in [3.63, 3.8) is 0 Å². The molecule has 0 saturated carbocycles. The molecule has 0 atom stereocenters. The highest BCUT2D eigenvalue weighted by Gasteiger charge is 2.33. The average Bonchev–Trinajstić information content (AvgIpc) is 3.13. The molecule has 0 radical (unpaired) electrons. The molecule has 0 N–H and O–H groups in total. The van der Waals surface area contributed by atoms with Gasteiger partial charge in [-0.15, -0.1) is 0 Å². The van der Waals surface area contributed by atoms with Crippen LogP contribution < -0.4 is 0 Å². The van der Waals surface area contributed by atoms with Gasteiger partial charge in [0.1, 0.15) is 0 Å². The van der Waals surface area contributed by atoms with Crippen LogP contribution in [0.15, 0.2) is 30.5 Å². The predicted molar refractivity (Wildman–Crippen MR) is 117 cm³/mol. The Balaban J connectivity index is 1.42. The van der Waals surface area contributed by atoms with E-state index in [-0.39, 0.29) is 0 Å². The van der Waals surface area contributed by atoms with E-state index in [2.05, 4.69) is 51.8 Å². The lowest BCUT2D eigenvalue weighted by Gasteiger charge is -2.43. The van der Waals surface area contributed by atoms with Crippen molar-refractivity contribution in [2.45, 2.75) is 71.1 Å². The molecule has 0 aliphatic carbocycles. The predicted octanol–water partition coefficient (Wildman–Crippen LogP) is 4.04. The van der Waals surface area contributed by atoms with Crippen molar-refractivity contribution in [1.82, 2.24) is 14.4 Å². The summed E-state index contributed by atoms with van der Waals surface area (Å²) in [6.07, 6.45) is 7.07. The number of benzene rings is 1. The lowest BCUT2D eigenvalue weighted by atomic mass is 9.97. The smallest absolute Gasteiger partial charge is 0.222 e. The Labute approximate surface area is 174 Å². The third-order valence-corrected chi connectivity index (χ3v) is 6.73. The van der Waals surface area contributed by atoms with Crippen LogP contribution in [0.25, 0.3) is 10.9 Å². The minimum Gasteiger partial charge on any atom is -0.381 e. The van der Waals surface area contributed by atoms with Crippen molar-refractivity contribution in [3.8, 4) is 0 Å². The number of hydrogen-bond donors (Lipinski definition) is 0. The largest absolute Gasteiger partial charge is 0.381 e. The number of carbonyl (C=O) groups is 1. The normalized spacial score (nSPS) is 19.7. The van der Waals surface area contributed by atoms with Gasteiger partial charge < -0.3 is 14.2 Å². The Hall–Kier alpha value is -1.85. The summed E-state index contributed by atoms with van der Waals surface area (Å²) in [6, 6.07) is 9.49. The number of nitrogens with zero attached hydrogens (tertiary/aromatic N) is 3. The first-order chi connectivity index (χ1) is 14.2. The highest BCUT2D eigenvalue weighted by Crippen LogP contribution is 2.27. The Kier molecular flexibility index (Phi) is 6.56. The summed E-state index contributed by atoms with van der Waals surface area (Å²) < 4.78 is 7.88. The lowest BCUT2D eigenvalue weighted by Crippen LogP contribution is -2.52. The minimum atomic E-state index is 0.321. The molecule has 1 amide bonds. The van der Waals surface area contributed by atoms with Crippen molar-refractivity contribution in [3.05, 3.63) is 36.0 Å². The zero-order chi connectivity index (χ0) is 20.2. The summed E-state index contributed by atoms with van der Waals surface area (Å²) >= 11 is 0. The van der Waals surface area contributed by atoms with Crippen LogP contribution in [-0.4, -0.2) is 58.7 Å². The van der Waals surface area contributed by atoms with Crippen LogP contribution in [0.1, 0.15) is 51.5 Å². The number of piperidine rings is 1. The SMILES string of the molecule is CCC(=O)N(C1CCOCC1)C1CCN(Cc2cn(CC)c3ccccc23)CC1. The Bertz CT molecular complexity index is 817. The summed E-state index contributed by atoms with van der Waals surface area (Å²) in [7, 11) is 0. The zero-order valence-corrected chi connectivity index (χ0v) is 18.0. The maximum Gasteiger partial charge on any atom is 0.222 e. The van der Waals surface area contributed by atoms with E-state index in [0.717, 1.165) is 65.1 Å². The first kappa shape index (κ1) is 20.4. The third kappa shape index (κ3) is 4.36. The van der Waals surface area contributed by atoms with Gasteiger partial charge in [-0.2, -0.15) is 0 Å². The van der Waals surface area contributed by atoms with Gasteiger partial charge in [0.2, 0.25) is 5.91 Å². The Morgan fingerprint density at radius 2 is 1.76 bits per heavy atom. The molecule has 1 aromatic carbocycles. The molecule has 158 valence electrons. The van der Waals surface area contributed by atoms with Crippen LogP contribution in [0.2, 0.25) is 0 Å². The lowest BCUT2D eigenvalue weighted by molar-refractivity contribution is -0.139. The number of para-hydroxylation sites is 1. The molecular formula is C24H35N3O2. The number of carbonyl (C=O) groups excluding carboxylic acids is 1. The van der Waals surface area contributed by atoms with Crippen molar-refractivity contribution in [2.24, 2.45) is 0 Å². The molecule has 4 rings (SSSR count). The number of amides is 1. The van der Waals surface area contributed by atoms with Crippen LogP contribution >= 0.6 is 0 Å². The summed E-state index contributed by atoms with van der Waals surface area (Å²) in [5.41, 5.74) is 2.76. The van der Waals surface area contributed by atoms with Gasteiger partial charge in [0.25, 0.3) is 0 Å². The van der Waals surface area contributed by atoms with Gasteiger partial charge in [-0.1, -0.05) is 25.1 Å². The maximum atomic E-state index is 12.7. The van der Waals surface area contributed by atoms with E-state index in [1.807, 2.05) is 6.92 Å². The van der Waals surface area contributed by atoms with Crippen LogP contribution in [0.4, 0.5) is 0 Å². The summed E-state index contributed by atoms with van der Waals surface area (Å²) in [4.78, 5) is 17.5. The number of fused-ring (bicyclic) bond motifs is 1. The number of aromatic nitrogens is 1. The third-order valence-electron chi connectivity index (χ3n) is 6.73. The van der Waals surface area contributed by atoms with Crippen LogP contribution in [0, 0.1) is 0 Å². The van der Waals surface area contributed by atoms with Gasteiger partial charge in [0, 0.05) is 75.0 Å². The van der Waals surface area contributed by atoms with E-state index in [4.69, 9.17) is 4.74 Å². The molecule has 2 saturated heterocycles. The molecular weight excluding hydrogens is 362 g/mol. The van der Waals surface area contributed by atoms with E-state index in [0.29, 0.717) is 24.4 Å². The average molecular weight is 398 g/mol. The molecule has 2 aromatic rings. The summed E-state index contributed by atoms with van der Waals surface area (Å²) in [6.45, 7) is 9.91. The monoisotopic (exact) mass is 397 g/mol. The Morgan fingerprint density at radius 1 is 1.07 bits per heavy atom. The highest BCUT2D eigenvalue weighted by atomic mass is 16.5. The van der Waals surface area contributed by atoms with E-state index >= 15 is 0 Å². The summed E-state index contributed by atoms with van der Waals surface area (Å²) in [5, 5.41) is 1.38. The van der Waals surface area contributed by atoms with Crippen LogP contribution in [0.3, 0.4) is 0 Å². The van der Waals surface area contributed by atoms with Crippen molar-refractivity contribution < 1.29 is 9.53 Å². The minimum absolute atomic E-state index is 0.321. The number of likely N-dealkylation sites (tertiary alicyclic amines) is 1. The zero-order valence-electron chi connectivity index (χ0n) is 18.0. The second kappa shape index (κ2) is 9.31. The second-order valence-corrected chi connectivity index (χ2v) is 8.46. The number of rotatable bonds is 6. The molecule has 5 nitrogen and oxygen atoms in total. The number of aryl methyl sites for hydroxylation is 1. The van der Waals surface area contributed by atoms with E-state index in [9.17, 15) is 4.79 Å². The molecule has 3 heterocycles. The fraction of sp³-hybridized carbons (Fsp3) is 0.625. The highest BCUT2D eigenvalue weighted by molar-refractivity contribution is 5.84. The molecule has 2 aliphatic rings. The van der Waals surface area contributed by atoms with Crippen LogP contribution in [-0.2, 0) is 22.6 Å². The molecule has 2 aliphatic heterocycles. The van der Waals surface area contributed by atoms with Gasteiger partial charge in [-0.05, 0) is 44.2 Å². The molecule has 2 fully saturated rings. The van der Waals surface area contributed by atoms with Gasteiger partial charge in [-0.25, -0.2) is 0 Å². The van der Waals surface area contributed by atoms with Crippen molar-refractivity contribution >= 4 is 16.8 Å². The van der Waals surface area contributed by atoms with Gasteiger partial charge in [0.05, 0.1) is 0 Å². The molecule has 29 heavy (non-hydrogen) atoms. The van der Waals surface area contributed by atoms with E-state index < -0.39 is 0 Å². The number of hydrogen-bond acceptors (Lipinski definition) is 3.